The van der Waals surface area contributed by atoms with Crippen LogP contribution in [0.1, 0.15) is 32.4 Å². The van der Waals surface area contributed by atoms with Gasteiger partial charge in [-0.2, -0.15) is 0 Å². The molecule has 1 fully saturated rings. The predicted octanol–water partition coefficient (Wildman–Crippen LogP) is 1.72. The van der Waals surface area contributed by atoms with Crippen LogP contribution in [0.5, 0.6) is 0 Å². The highest BCUT2D eigenvalue weighted by Crippen LogP contribution is 2.25. The summed E-state index contributed by atoms with van der Waals surface area (Å²) in [6, 6.07) is 0.213. The molecule has 1 aliphatic heterocycles. The maximum absolute atomic E-state index is 14.5. The van der Waals surface area contributed by atoms with Crippen LogP contribution in [-0.2, 0) is 5.60 Å². The lowest BCUT2D eigenvalue weighted by atomic mass is 10.1. The van der Waals surface area contributed by atoms with Crippen LogP contribution >= 0.6 is 0 Å². The molecule has 4 rings (SSSR count). The molecule has 0 spiro atoms. The van der Waals surface area contributed by atoms with E-state index in [1.54, 1.807) is 36.8 Å². The van der Waals surface area contributed by atoms with E-state index in [0.717, 1.165) is 25.9 Å². The number of halogens is 1. The number of imidazole rings is 1. The van der Waals surface area contributed by atoms with E-state index in [2.05, 4.69) is 30.6 Å². The summed E-state index contributed by atoms with van der Waals surface area (Å²) in [5.74, 6) is -0.155. The average molecular weight is 371 g/mol. The van der Waals surface area contributed by atoms with Gasteiger partial charge >= 0.3 is 0 Å². The number of nitrogens with one attached hydrogen (secondary N) is 2. The summed E-state index contributed by atoms with van der Waals surface area (Å²) in [6.45, 7) is 5.12. The molecule has 0 aliphatic carbocycles. The van der Waals surface area contributed by atoms with Crippen LogP contribution in [-0.4, -0.2) is 48.6 Å². The molecule has 1 atom stereocenters. The van der Waals surface area contributed by atoms with E-state index in [9.17, 15) is 9.50 Å². The van der Waals surface area contributed by atoms with Crippen molar-refractivity contribution in [3.8, 4) is 11.4 Å². The normalized spacial score (nSPS) is 18.0. The first kappa shape index (κ1) is 17.7. The fourth-order valence-electron chi connectivity index (χ4n) is 3.15. The maximum atomic E-state index is 14.5. The summed E-state index contributed by atoms with van der Waals surface area (Å²) in [5, 5.41) is 16.8. The van der Waals surface area contributed by atoms with Crippen LogP contribution in [0.25, 0.3) is 17.0 Å². The zero-order chi connectivity index (χ0) is 19.0. The Morgan fingerprint density at radius 2 is 2.11 bits per heavy atom. The number of aliphatic hydroxyl groups is 1. The number of anilines is 1. The Labute approximate surface area is 155 Å². The van der Waals surface area contributed by atoms with E-state index >= 15 is 0 Å². The summed E-state index contributed by atoms with van der Waals surface area (Å²) >= 11 is 0. The van der Waals surface area contributed by atoms with Crippen molar-refractivity contribution in [1.29, 1.82) is 0 Å². The Kier molecular flexibility index (Phi) is 4.48. The highest BCUT2D eigenvalue weighted by molar-refractivity contribution is 5.61. The molecule has 27 heavy (non-hydrogen) atoms. The van der Waals surface area contributed by atoms with E-state index < -0.39 is 11.4 Å². The lowest BCUT2D eigenvalue weighted by molar-refractivity contribution is 0.0734. The topological polar surface area (TPSA) is 100 Å². The van der Waals surface area contributed by atoms with E-state index in [1.165, 1.54) is 6.20 Å². The number of fused-ring (bicyclic) bond motifs is 1. The number of piperidine rings is 1. The third-order valence-corrected chi connectivity index (χ3v) is 4.64. The van der Waals surface area contributed by atoms with Gasteiger partial charge < -0.3 is 15.7 Å². The first-order valence-electron chi connectivity index (χ1n) is 8.98. The van der Waals surface area contributed by atoms with Crippen LogP contribution in [0.4, 0.5) is 10.3 Å². The standard InChI is InChI=1S/C18H22FN7O/c1-18(2,27)14-10-26-13(8-22-15(26)9-21-14)16-12(19)7-23-17(25-16)24-11-4-3-5-20-6-11/h7-11,20,27H,3-6H2,1-2H3,(H,23,24,25). The molecular formula is C18H22FN7O. The Morgan fingerprint density at radius 1 is 1.26 bits per heavy atom. The minimum atomic E-state index is -1.12. The molecule has 142 valence electrons. The van der Waals surface area contributed by atoms with Gasteiger partial charge in [-0.15, -0.1) is 0 Å². The molecule has 0 aromatic carbocycles. The molecule has 1 saturated heterocycles. The Balaban J connectivity index is 1.73. The highest BCUT2D eigenvalue weighted by Gasteiger charge is 2.21. The van der Waals surface area contributed by atoms with Crippen LogP contribution in [0.3, 0.4) is 0 Å². The Morgan fingerprint density at radius 3 is 2.85 bits per heavy atom. The van der Waals surface area contributed by atoms with Gasteiger partial charge in [0.1, 0.15) is 11.3 Å². The van der Waals surface area contributed by atoms with Gasteiger partial charge in [-0.1, -0.05) is 0 Å². The second-order valence-electron chi connectivity index (χ2n) is 7.28. The van der Waals surface area contributed by atoms with Gasteiger partial charge in [-0.3, -0.25) is 9.38 Å². The fourth-order valence-corrected chi connectivity index (χ4v) is 3.15. The molecule has 0 saturated carbocycles. The van der Waals surface area contributed by atoms with Crippen molar-refractivity contribution in [3.63, 3.8) is 0 Å². The van der Waals surface area contributed by atoms with Gasteiger partial charge in [0.05, 0.1) is 30.0 Å². The summed E-state index contributed by atoms with van der Waals surface area (Å²) in [4.78, 5) is 16.9. The largest absolute Gasteiger partial charge is 0.384 e. The van der Waals surface area contributed by atoms with Gasteiger partial charge in [0.15, 0.2) is 11.5 Å². The van der Waals surface area contributed by atoms with Crippen molar-refractivity contribution in [2.24, 2.45) is 0 Å². The van der Waals surface area contributed by atoms with E-state index in [1.807, 2.05) is 0 Å². The van der Waals surface area contributed by atoms with Crippen LogP contribution in [0, 0.1) is 5.82 Å². The minimum Gasteiger partial charge on any atom is -0.384 e. The SMILES string of the molecule is CC(C)(O)c1cn2c(-c3nc(NC4CCCNC4)ncc3F)cnc2cn1. The van der Waals surface area contributed by atoms with E-state index in [4.69, 9.17) is 0 Å². The van der Waals surface area contributed by atoms with Gasteiger partial charge in [0.2, 0.25) is 5.95 Å². The number of rotatable bonds is 4. The molecule has 3 aromatic heterocycles. The zero-order valence-electron chi connectivity index (χ0n) is 15.3. The lowest BCUT2D eigenvalue weighted by Crippen LogP contribution is -2.38. The molecule has 3 N–H and O–H groups in total. The Bertz CT molecular complexity index is 960. The minimum absolute atomic E-state index is 0.150. The second kappa shape index (κ2) is 6.82. The molecule has 0 amide bonds. The first-order chi connectivity index (χ1) is 12.9. The lowest BCUT2D eigenvalue weighted by Gasteiger charge is -2.23. The van der Waals surface area contributed by atoms with Crippen molar-refractivity contribution in [3.05, 3.63) is 36.3 Å². The molecule has 1 unspecified atom stereocenters. The van der Waals surface area contributed by atoms with Crippen molar-refractivity contribution in [2.45, 2.75) is 38.3 Å². The molecule has 3 aromatic rings. The Hall–Kier alpha value is -2.65. The number of nitrogens with zero attached hydrogens (tertiary/aromatic N) is 5. The number of aromatic nitrogens is 5. The quantitative estimate of drug-likeness (QED) is 0.642. The van der Waals surface area contributed by atoms with Crippen LogP contribution < -0.4 is 10.6 Å². The number of hydrogen-bond acceptors (Lipinski definition) is 7. The van der Waals surface area contributed by atoms with Gasteiger partial charge in [-0.25, -0.2) is 19.3 Å². The van der Waals surface area contributed by atoms with Gasteiger partial charge in [-0.05, 0) is 33.2 Å². The van der Waals surface area contributed by atoms with Crippen molar-refractivity contribution >= 4 is 11.6 Å². The van der Waals surface area contributed by atoms with Crippen molar-refractivity contribution in [2.75, 3.05) is 18.4 Å². The molecule has 8 nitrogen and oxygen atoms in total. The molecular weight excluding hydrogens is 349 g/mol. The molecule has 0 radical (unpaired) electrons. The highest BCUT2D eigenvalue weighted by atomic mass is 19.1. The van der Waals surface area contributed by atoms with Gasteiger partial charge in [0.25, 0.3) is 0 Å². The molecule has 9 heteroatoms. The molecule has 1 aliphatic rings. The smallest absolute Gasteiger partial charge is 0.223 e. The zero-order valence-corrected chi connectivity index (χ0v) is 15.3. The van der Waals surface area contributed by atoms with Crippen molar-refractivity contribution in [1.82, 2.24) is 29.7 Å². The third kappa shape index (κ3) is 3.60. The van der Waals surface area contributed by atoms with Crippen LogP contribution in [0.2, 0.25) is 0 Å². The monoisotopic (exact) mass is 371 g/mol. The first-order valence-corrected chi connectivity index (χ1v) is 8.98. The number of hydrogen-bond donors (Lipinski definition) is 3. The fraction of sp³-hybridized carbons (Fsp3) is 0.444. The molecule has 4 heterocycles. The summed E-state index contributed by atoms with van der Waals surface area (Å²) in [7, 11) is 0. The van der Waals surface area contributed by atoms with Crippen molar-refractivity contribution < 1.29 is 9.50 Å². The predicted molar refractivity (Wildman–Crippen MR) is 98.7 cm³/mol. The third-order valence-electron chi connectivity index (χ3n) is 4.64. The summed E-state index contributed by atoms with van der Waals surface area (Å²) < 4.78 is 16.2. The molecule has 0 bridgehead atoms. The van der Waals surface area contributed by atoms with Crippen LogP contribution in [0.15, 0.2) is 24.8 Å². The average Bonchev–Trinajstić information content (AvgIpc) is 3.06. The van der Waals surface area contributed by atoms with Gasteiger partial charge in [0, 0.05) is 18.8 Å². The second-order valence-corrected chi connectivity index (χ2v) is 7.28. The van der Waals surface area contributed by atoms with E-state index in [-0.39, 0.29) is 11.7 Å². The summed E-state index contributed by atoms with van der Waals surface area (Å²) in [5.41, 5.74) is 0.498. The maximum Gasteiger partial charge on any atom is 0.223 e. The summed E-state index contributed by atoms with van der Waals surface area (Å²) in [6.07, 6.45) is 7.99. The van der Waals surface area contributed by atoms with E-state index in [0.29, 0.717) is 23.0 Å².